The zero-order valence-corrected chi connectivity index (χ0v) is 27.4. The van der Waals surface area contributed by atoms with Crippen LogP contribution in [0.2, 0.25) is 4.34 Å². The van der Waals surface area contributed by atoms with Crippen molar-refractivity contribution >= 4 is 50.4 Å². The minimum absolute atomic E-state index is 0.127. The first kappa shape index (κ1) is 31.5. The van der Waals surface area contributed by atoms with Crippen LogP contribution in [-0.2, 0) is 32.5 Å². The molecule has 2 aliphatic rings. The van der Waals surface area contributed by atoms with Gasteiger partial charge in [-0.05, 0) is 103 Å². The number of carbonyl (C=O) groups excluding carboxylic acids is 1. The molecule has 10 heteroatoms. The molecule has 0 spiro atoms. The van der Waals surface area contributed by atoms with E-state index in [-0.39, 0.29) is 23.0 Å². The molecule has 0 atom stereocenters. The first-order chi connectivity index (χ1) is 21.7. The van der Waals surface area contributed by atoms with E-state index in [4.69, 9.17) is 21.1 Å². The number of sulfone groups is 1. The Kier molecular flexibility index (Phi) is 9.72. The van der Waals surface area contributed by atoms with Crippen molar-refractivity contribution in [3.8, 4) is 16.9 Å². The van der Waals surface area contributed by atoms with Crippen LogP contribution in [0.25, 0.3) is 17.2 Å². The maximum Gasteiger partial charge on any atom is 0.251 e. The lowest BCUT2D eigenvalue weighted by atomic mass is 10.0. The molecule has 3 heterocycles. The number of anilines is 1. The molecule has 1 aromatic heterocycles. The second-order valence-electron chi connectivity index (χ2n) is 11.4. The summed E-state index contributed by atoms with van der Waals surface area (Å²) in [4.78, 5) is 17.0. The van der Waals surface area contributed by atoms with Gasteiger partial charge in [0.15, 0.2) is 9.84 Å². The van der Waals surface area contributed by atoms with Gasteiger partial charge in [-0.15, -0.1) is 11.3 Å². The number of hydrogen-bond acceptors (Lipinski definition) is 7. The molecule has 3 aromatic carbocycles. The topological polar surface area (TPSA) is 84.9 Å². The summed E-state index contributed by atoms with van der Waals surface area (Å²) in [5.74, 6) is 0.292. The average Bonchev–Trinajstić information content (AvgIpc) is 3.42. The van der Waals surface area contributed by atoms with Crippen LogP contribution in [0.4, 0.5) is 5.69 Å². The van der Waals surface area contributed by atoms with Crippen LogP contribution in [0.1, 0.15) is 35.3 Å². The van der Waals surface area contributed by atoms with E-state index in [1.807, 2.05) is 66.7 Å². The number of carbonyl (C=O) groups is 1. The van der Waals surface area contributed by atoms with E-state index in [9.17, 15) is 13.2 Å². The van der Waals surface area contributed by atoms with E-state index in [0.29, 0.717) is 29.5 Å². The second kappa shape index (κ2) is 13.9. The van der Waals surface area contributed by atoms with E-state index < -0.39 is 9.84 Å². The third-order valence-corrected chi connectivity index (χ3v) is 11.3. The molecule has 0 radical (unpaired) electrons. The third kappa shape index (κ3) is 7.85. The number of benzene rings is 3. The number of nitrogens with zero attached hydrogens (tertiary/aromatic N) is 1. The zero-order valence-electron chi connectivity index (χ0n) is 25.0. The summed E-state index contributed by atoms with van der Waals surface area (Å²) in [5, 5.41) is 2.97. The molecule has 7 nitrogen and oxygen atoms in total. The minimum atomic E-state index is -3.56. The van der Waals surface area contributed by atoms with Gasteiger partial charge in [0.2, 0.25) is 0 Å². The molecule has 1 fully saturated rings. The van der Waals surface area contributed by atoms with Gasteiger partial charge in [-0.2, -0.15) is 0 Å². The van der Waals surface area contributed by atoms with E-state index in [0.717, 1.165) is 64.3 Å². The van der Waals surface area contributed by atoms with Crippen LogP contribution < -0.4 is 10.1 Å². The maximum atomic E-state index is 13.4. The Morgan fingerprint density at radius 2 is 1.73 bits per heavy atom. The molecular formula is C35H35ClN2O5S2. The van der Waals surface area contributed by atoms with Gasteiger partial charge in [0, 0.05) is 41.9 Å². The Bertz CT molecular complexity index is 1790. The quantitative estimate of drug-likeness (QED) is 0.200. The molecular weight excluding hydrogens is 628 g/mol. The minimum Gasteiger partial charge on any atom is -0.488 e. The van der Waals surface area contributed by atoms with Gasteiger partial charge in [0.05, 0.1) is 15.0 Å². The fourth-order valence-electron chi connectivity index (χ4n) is 5.69. The monoisotopic (exact) mass is 662 g/mol. The van der Waals surface area contributed by atoms with Gasteiger partial charge >= 0.3 is 0 Å². The van der Waals surface area contributed by atoms with Crippen molar-refractivity contribution < 1.29 is 22.7 Å². The standard InChI is InChI=1S/C35H35ClN2O5S2/c1-38(30-14-17-42-18-15-30)22-24-2-7-29(8-3-24)37-35(39)27-16-19-45(40,41)33-12-6-26(20-28(33)21-27)25-4-9-31(10-5-25)43-23-32-11-13-34(36)44-32/h2-13,20-21,30H,14-19,22-23H2,1H3,(H,37,39). The summed E-state index contributed by atoms with van der Waals surface area (Å²) in [6.45, 7) is 2.86. The maximum absolute atomic E-state index is 13.4. The van der Waals surface area contributed by atoms with E-state index in [1.54, 1.807) is 18.2 Å². The number of fused-ring (bicyclic) bond motifs is 1. The number of hydrogen-bond donors (Lipinski definition) is 1. The summed E-state index contributed by atoms with van der Waals surface area (Å²) in [6, 6.07) is 25.1. The molecule has 1 N–H and O–H groups in total. The number of rotatable bonds is 9. The van der Waals surface area contributed by atoms with Crippen molar-refractivity contribution in [3.63, 3.8) is 0 Å². The summed E-state index contributed by atoms with van der Waals surface area (Å²) < 4.78 is 38.4. The smallest absolute Gasteiger partial charge is 0.251 e. The molecule has 6 rings (SSSR count). The fraction of sp³-hybridized carbons (Fsp3) is 0.286. The van der Waals surface area contributed by atoms with Crippen molar-refractivity contribution in [2.75, 3.05) is 31.3 Å². The van der Waals surface area contributed by atoms with Crippen LogP contribution in [0, 0.1) is 0 Å². The van der Waals surface area contributed by atoms with Gasteiger partial charge in [-0.3, -0.25) is 9.69 Å². The first-order valence-corrected chi connectivity index (χ1v) is 17.8. The Morgan fingerprint density at radius 1 is 1.00 bits per heavy atom. The normalized spacial score (nSPS) is 16.5. The lowest BCUT2D eigenvalue weighted by molar-refractivity contribution is -0.112. The van der Waals surface area contributed by atoms with Crippen molar-refractivity contribution in [1.29, 1.82) is 0 Å². The first-order valence-electron chi connectivity index (χ1n) is 15.0. The van der Waals surface area contributed by atoms with Gasteiger partial charge in [0.25, 0.3) is 5.91 Å². The Labute approximate surface area is 273 Å². The van der Waals surface area contributed by atoms with Crippen LogP contribution in [0.5, 0.6) is 5.75 Å². The van der Waals surface area contributed by atoms with E-state index in [2.05, 4.69) is 17.3 Å². The molecule has 1 saturated heterocycles. The summed E-state index contributed by atoms with van der Waals surface area (Å²) in [7, 11) is -1.42. The third-order valence-electron chi connectivity index (χ3n) is 8.26. The molecule has 0 aliphatic carbocycles. The number of ether oxygens (including phenoxy) is 2. The highest BCUT2D eigenvalue weighted by atomic mass is 35.5. The predicted octanol–water partition coefficient (Wildman–Crippen LogP) is 7.46. The number of halogens is 1. The Balaban J connectivity index is 1.14. The summed E-state index contributed by atoms with van der Waals surface area (Å²) in [6.07, 6.45) is 3.91. The average molecular weight is 663 g/mol. The largest absolute Gasteiger partial charge is 0.488 e. The van der Waals surface area contributed by atoms with Gasteiger partial charge in [-0.1, -0.05) is 41.9 Å². The van der Waals surface area contributed by atoms with E-state index in [1.165, 1.54) is 11.3 Å². The molecule has 1 amide bonds. The van der Waals surface area contributed by atoms with Gasteiger partial charge in [0.1, 0.15) is 12.4 Å². The number of nitrogens with one attached hydrogen (secondary N) is 1. The van der Waals surface area contributed by atoms with Gasteiger partial charge in [-0.25, -0.2) is 8.42 Å². The van der Waals surface area contributed by atoms with Crippen LogP contribution in [-0.4, -0.2) is 51.3 Å². The molecule has 4 aromatic rings. The van der Waals surface area contributed by atoms with Crippen molar-refractivity contribution in [1.82, 2.24) is 4.90 Å². The molecule has 0 bridgehead atoms. The Hall–Kier alpha value is -3.47. The molecule has 0 saturated carbocycles. The van der Waals surface area contributed by atoms with Crippen LogP contribution in [0.15, 0.2) is 89.3 Å². The fourth-order valence-corrected chi connectivity index (χ4v) is 8.15. The van der Waals surface area contributed by atoms with Crippen molar-refractivity contribution in [2.24, 2.45) is 0 Å². The van der Waals surface area contributed by atoms with Crippen LogP contribution >= 0.6 is 22.9 Å². The highest BCUT2D eigenvalue weighted by Crippen LogP contribution is 2.32. The van der Waals surface area contributed by atoms with Crippen molar-refractivity contribution in [3.05, 3.63) is 105 Å². The molecule has 0 unspecified atom stereocenters. The number of thiophene rings is 1. The SMILES string of the molecule is CN(Cc1ccc(NC(=O)C2=Cc3cc(-c4ccc(OCc5ccc(Cl)s5)cc4)ccc3S(=O)(=O)CC2)cc1)C1CCOCC1. The lowest BCUT2D eigenvalue weighted by Crippen LogP contribution is -2.36. The highest BCUT2D eigenvalue weighted by molar-refractivity contribution is 7.91. The predicted molar refractivity (Wildman–Crippen MR) is 181 cm³/mol. The van der Waals surface area contributed by atoms with E-state index >= 15 is 0 Å². The summed E-state index contributed by atoms with van der Waals surface area (Å²) >= 11 is 7.49. The lowest BCUT2D eigenvalue weighted by Gasteiger charge is -2.31. The van der Waals surface area contributed by atoms with Crippen LogP contribution in [0.3, 0.4) is 0 Å². The molecule has 45 heavy (non-hydrogen) atoms. The van der Waals surface area contributed by atoms with Crippen molar-refractivity contribution in [2.45, 2.75) is 43.4 Å². The highest BCUT2D eigenvalue weighted by Gasteiger charge is 2.25. The molecule has 234 valence electrons. The number of amides is 1. The molecule has 2 aliphatic heterocycles. The Morgan fingerprint density at radius 3 is 2.44 bits per heavy atom. The summed E-state index contributed by atoms with van der Waals surface area (Å²) in [5.41, 5.74) is 4.53. The zero-order chi connectivity index (χ0) is 31.4. The van der Waals surface area contributed by atoms with Gasteiger partial charge < -0.3 is 14.8 Å². The second-order valence-corrected chi connectivity index (χ2v) is 15.3.